The Balaban J connectivity index is 1.96. The predicted molar refractivity (Wildman–Crippen MR) is 88.4 cm³/mol. The van der Waals surface area contributed by atoms with E-state index in [1.807, 2.05) is 24.3 Å². The number of carboxylic acids is 1. The number of ether oxygens (including phenoxy) is 1. The average molecular weight is 311 g/mol. The number of benzene rings is 2. The maximum atomic E-state index is 11.9. The van der Waals surface area contributed by atoms with Crippen LogP contribution in [-0.4, -0.2) is 24.1 Å². The third-order valence-electron chi connectivity index (χ3n) is 3.10. The summed E-state index contributed by atoms with van der Waals surface area (Å²) in [5.74, 6) is -0.427. The molecule has 0 unspecified atom stereocenters. The van der Waals surface area contributed by atoms with Crippen molar-refractivity contribution in [1.82, 2.24) is 0 Å². The van der Waals surface area contributed by atoms with Crippen molar-refractivity contribution in [2.75, 3.05) is 12.4 Å². The third-order valence-corrected chi connectivity index (χ3v) is 3.10. The number of carbonyl (C=O) groups excluding carboxylic acids is 1. The standard InChI is InChI=1S/C18H17NO4/c1-23-16-4-2-3-13(11-16)7-10-17(20)19-15-8-5-14(6-9-15)12-18(21)22/h2-11H,12H2,1H3,(H,19,20)(H,21,22)/b10-7+. The Bertz CT molecular complexity index is 720. The number of nitrogens with one attached hydrogen (secondary N) is 1. The van der Waals surface area contributed by atoms with E-state index in [1.54, 1.807) is 37.5 Å². The van der Waals surface area contributed by atoms with Crippen LogP contribution >= 0.6 is 0 Å². The summed E-state index contributed by atoms with van der Waals surface area (Å²) in [7, 11) is 1.59. The van der Waals surface area contributed by atoms with Crippen LogP contribution in [0, 0.1) is 0 Å². The molecule has 0 atom stereocenters. The molecule has 0 saturated carbocycles. The van der Waals surface area contributed by atoms with Gasteiger partial charge < -0.3 is 15.2 Å². The number of rotatable bonds is 6. The molecule has 23 heavy (non-hydrogen) atoms. The lowest BCUT2D eigenvalue weighted by atomic mass is 10.1. The average Bonchev–Trinajstić information content (AvgIpc) is 2.54. The van der Waals surface area contributed by atoms with Gasteiger partial charge in [0.05, 0.1) is 13.5 Å². The van der Waals surface area contributed by atoms with Crippen LogP contribution in [0.15, 0.2) is 54.6 Å². The molecule has 1 amide bonds. The van der Waals surface area contributed by atoms with Crippen LogP contribution < -0.4 is 10.1 Å². The van der Waals surface area contributed by atoms with E-state index in [2.05, 4.69) is 5.32 Å². The zero-order valence-corrected chi connectivity index (χ0v) is 12.7. The summed E-state index contributed by atoms with van der Waals surface area (Å²) in [6, 6.07) is 14.1. The van der Waals surface area contributed by atoms with Gasteiger partial charge in [-0.1, -0.05) is 24.3 Å². The second-order valence-electron chi connectivity index (χ2n) is 4.87. The minimum absolute atomic E-state index is 0.0377. The zero-order valence-electron chi connectivity index (χ0n) is 12.7. The Morgan fingerprint density at radius 1 is 1.17 bits per heavy atom. The fourth-order valence-electron chi connectivity index (χ4n) is 1.98. The van der Waals surface area contributed by atoms with E-state index in [1.165, 1.54) is 6.08 Å². The Morgan fingerprint density at radius 2 is 1.91 bits per heavy atom. The van der Waals surface area contributed by atoms with Crippen molar-refractivity contribution in [3.8, 4) is 5.75 Å². The summed E-state index contributed by atoms with van der Waals surface area (Å²) in [6.45, 7) is 0. The van der Waals surface area contributed by atoms with Crippen molar-refractivity contribution in [2.45, 2.75) is 6.42 Å². The second-order valence-corrected chi connectivity index (χ2v) is 4.87. The molecule has 2 aromatic rings. The number of aliphatic carboxylic acids is 1. The number of carboxylic acid groups (broad SMARTS) is 1. The molecule has 0 aliphatic carbocycles. The highest BCUT2D eigenvalue weighted by Crippen LogP contribution is 2.14. The van der Waals surface area contributed by atoms with Gasteiger partial charge in [-0.3, -0.25) is 9.59 Å². The Labute approximate surface area is 134 Å². The minimum atomic E-state index is -0.886. The van der Waals surface area contributed by atoms with E-state index in [9.17, 15) is 9.59 Å². The van der Waals surface area contributed by atoms with E-state index >= 15 is 0 Å². The fraction of sp³-hybridized carbons (Fsp3) is 0.111. The van der Waals surface area contributed by atoms with Crippen LogP contribution in [0.2, 0.25) is 0 Å². The zero-order chi connectivity index (χ0) is 16.7. The molecular weight excluding hydrogens is 294 g/mol. The van der Waals surface area contributed by atoms with E-state index in [0.717, 1.165) is 11.3 Å². The highest BCUT2D eigenvalue weighted by molar-refractivity contribution is 6.01. The van der Waals surface area contributed by atoms with Crippen molar-refractivity contribution in [3.05, 3.63) is 65.7 Å². The van der Waals surface area contributed by atoms with Crippen molar-refractivity contribution in [1.29, 1.82) is 0 Å². The van der Waals surface area contributed by atoms with Crippen LogP contribution in [0.25, 0.3) is 6.08 Å². The van der Waals surface area contributed by atoms with E-state index in [-0.39, 0.29) is 12.3 Å². The maximum Gasteiger partial charge on any atom is 0.307 e. The van der Waals surface area contributed by atoms with Gasteiger partial charge in [-0.05, 0) is 41.5 Å². The number of methoxy groups -OCH3 is 1. The first-order valence-electron chi connectivity index (χ1n) is 7.00. The third kappa shape index (κ3) is 5.32. The number of carbonyl (C=O) groups is 2. The predicted octanol–water partition coefficient (Wildman–Crippen LogP) is 2.97. The lowest BCUT2D eigenvalue weighted by Gasteiger charge is -2.04. The molecule has 2 aromatic carbocycles. The maximum absolute atomic E-state index is 11.9. The van der Waals surface area contributed by atoms with Gasteiger partial charge in [0.25, 0.3) is 0 Å². The minimum Gasteiger partial charge on any atom is -0.497 e. The molecule has 0 heterocycles. The SMILES string of the molecule is COc1cccc(/C=C/C(=O)Nc2ccc(CC(=O)O)cc2)c1. The second kappa shape index (κ2) is 7.79. The number of hydrogen-bond donors (Lipinski definition) is 2. The summed E-state index contributed by atoms with van der Waals surface area (Å²) in [6.07, 6.45) is 3.08. The first-order valence-corrected chi connectivity index (χ1v) is 7.00. The highest BCUT2D eigenvalue weighted by Gasteiger charge is 2.02. The molecule has 0 aliphatic rings. The Hall–Kier alpha value is -3.08. The van der Waals surface area contributed by atoms with Crippen LogP contribution in [0.4, 0.5) is 5.69 Å². The van der Waals surface area contributed by atoms with Crippen LogP contribution in [0.1, 0.15) is 11.1 Å². The molecule has 0 aromatic heterocycles. The van der Waals surface area contributed by atoms with Gasteiger partial charge in [0.15, 0.2) is 0 Å². The molecule has 2 N–H and O–H groups in total. The number of anilines is 1. The summed E-state index contributed by atoms with van der Waals surface area (Å²) >= 11 is 0. The molecule has 5 heteroatoms. The smallest absolute Gasteiger partial charge is 0.307 e. The molecule has 2 rings (SSSR count). The normalized spacial score (nSPS) is 10.5. The number of amides is 1. The van der Waals surface area contributed by atoms with Gasteiger partial charge >= 0.3 is 5.97 Å². The lowest BCUT2D eigenvalue weighted by Crippen LogP contribution is -2.08. The van der Waals surface area contributed by atoms with Gasteiger partial charge in [-0.15, -0.1) is 0 Å². The Morgan fingerprint density at radius 3 is 2.57 bits per heavy atom. The topological polar surface area (TPSA) is 75.6 Å². The molecule has 0 fully saturated rings. The van der Waals surface area contributed by atoms with Gasteiger partial charge in [0, 0.05) is 11.8 Å². The van der Waals surface area contributed by atoms with Crippen LogP contribution in [0.5, 0.6) is 5.75 Å². The van der Waals surface area contributed by atoms with E-state index in [0.29, 0.717) is 11.3 Å². The quantitative estimate of drug-likeness (QED) is 0.804. The van der Waals surface area contributed by atoms with Crippen molar-refractivity contribution in [3.63, 3.8) is 0 Å². The van der Waals surface area contributed by atoms with Gasteiger partial charge in [-0.25, -0.2) is 0 Å². The first-order chi connectivity index (χ1) is 11.1. The largest absolute Gasteiger partial charge is 0.497 e. The molecule has 5 nitrogen and oxygen atoms in total. The number of hydrogen-bond acceptors (Lipinski definition) is 3. The molecule has 118 valence electrons. The van der Waals surface area contributed by atoms with Gasteiger partial charge in [0.1, 0.15) is 5.75 Å². The lowest BCUT2D eigenvalue weighted by molar-refractivity contribution is -0.136. The molecule has 0 saturated heterocycles. The van der Waals surface area contributed by atoms with E-state index in [4.69, 9.17) is 9.84 Å². The molecular formula is C18H17NO4. The first kappa shape index (κ1) is 16.3. The summed E-state index contributed by atoms with van der Waals surface area (Å²) < 4.78 is 5.12. The summed E-state index contributed by atoms with van der Waals surface area (Å²) in [4.78, 5) is 22.5. The van der Waals surface area contributed by atoms with Crippen LogP contribution in [-0.2, 0) is 16.0 Å². The summed E-state index contributed by atoms with van der Waals surface area (Å²) in [5, 5.41) is 11.4. The highest BCUT2D eigenvalue weighted by atomic mass is 16.5. The van der Waals surface area contributed by atoms with Crippen LogP contribution in [0.3, 0.4) is 0 Å². The molecule has 0 radical (unpaired) electrons. The fourth-order valence-corrected chi connectivity index (χ4v) is 1.98. The van der Waals surface area contributed by atoms with Gasteiger partial charge in [0.2, 0.25) is 5.91 Å². The van der Waals surface area contributed by atoms with Crippen molar-refractivity contribution in [2.24, 2.45) is 0 Å². The van der Waals surface area contributed by atoms with Crippen molar-refractivity contribution >= 4 is 23.6 Å². The van der Waals surface area contributed by atoms with E-state index < -0.39 is 5.97 Å². The summed E-state index contributed by atoms with van der Waals surface area (Å²) in [5.41, 5.74) is 2.15. The van der Waals surface area contributed by atoms with Gasteiger partial charge in [-0.2, -0.15) is 0 Å². The molecule has 0 bridgehead atoms. The monoisotopic (exact) mass is 311 g/mol. The molecule has 0 spiro atoms. The van der Waals surface area contributed by atoms with Crippen molar-refractivity contribution < 1.29 is 19.4 Å². The Kier molecular flexibility index (Phi) is 5.52. The molecule has 0 aliphatic heterocycles.